The van der Waals surface area contributed by atoms with Gasteiger partial charge in [-0.15, -0.1) is 0 Å². The molecule has 10 heteroatoms. The van der Waals surface area contributed by atoms with Crippen LogP contribution >= 0.6 is 11.8 Å². The highest BCUT2D eigenvalue weighted by molar-refractivity contribution is 8.00. The van der Waals surface area contributed by atoms with E-state index < -0.39 is 23.0 Å². The molecule has 34 heavy (non-hydrogen) atoms. The minimum absolute atomic E-state index is 0.0262. The summed E-state index contributed by atoms with van der Waals surface area (Å²) < 4.78 is 37.8. The van der Waals surface area contributed by atoms with Gasteiger partial charge in [0, 0.05) is 23.3 Å². The molecule has 4 rings (SSSR count). The highest BCUT2D eigenvalue weighted by Gasteiger charge is 2.51. The Morgan fingerprint density at radius 3 is 2.32 bits per heavy atom. The molecule has 6 nitrogen and oxygen atoms in total. The van der Waals surface area contributed by atoms with E-state index in [0.29, 0.717) is 5.82 Å². The molecule has 0 bridgehead atoms. The summed E-state index contributed by atoms with van der Waals surface area (Å²) in [5, 5.41) is 3.19. The highest BCUT2D eigenvalue weighted by Crippen LogP contribution is 2.39. The van der Waals surface area contributed by atoms with Crippen LogP contribution in [-0.2, 0) is 11.3 Å². The van der Waals surface area contributed by atoms with Crippen LogP contribution in [0.2, 0.25) is 0 Å². The molecule has 3 amide bonds. The largest absolute Gasteiger partial charge is 0.446 e. The summed E-state index contributed by atoms with van der Waals surface area (Å²) in [6.45, 7) is 3.44. The van der Waals surface area contributed by atoms with Crippen LogP contribution in [0.5, 0.6) is 0 Å². The number of urea groups is 1. The molecule has 1 aliphatic heterocycles. The van der Waals surface area contributed by atoms with Gasteiger partial charge in [-0.05, 0) is 79.7 Å². The number of carbonyl (C=O) groups is 2. The fourth-order valence-corrected chi connectivity index (χ4v) is 4.16. The van der Waals surface area contributed by atoms with Crippen molar-refractivity contribution in [3.8, 4) is 0 Å². The summed E-state index contributed by atoms with van der Waals surface area (Å²) in [5.74, 6) is 0.138. The van der Waals surface area contributed by atoms with Gasteiger partial charge < -0.3 is 10.2 Å². The van der Waals surface area contributed by atoms with Crippen LogP contribution in [0.15, 0.2) is 77.8 Å². The monoisotopic (exact) mass is 486 g/mol. The van der Waals surface area contributed by atoms with Crippen molar-refractivity contribution < 1.29 is 22.8 Å². The lowest BCUT2D eigenvalue weighted by atomic mass is 10.0. The van der Waals surface area contributed by atoms with E-state index in [1.165, 1.54) is 29.2 Å². The van der Waals surface area contributed by atoms with Gasteiger partial charge in [0.2, 0.25) is 0 Å². The Morgan fingerprint density at radius 1 is 1.00 bits per heavy atom. The molecule has 2 aromatic carbocycles. The van der Waals surface area contributed by atoms with Crippen molar-refractivity contribution in [3.05, 3.63) is 78.5 Å². The Hall–Kier alpha value is -3.53. The first kappa shape index (κ1) is 23.6. The molecule has 1 saturated heterocycles. The Balaban J connectivity index is 1.54. The first-order valence-electron chi connectivity index (χ1n) is 10.3. The fraction of sp³-hybridized carbons (Fsp3) is 0.208. The summed E-state index contributed by atoms with van der Waals surface area (Å²) in [6, 6.07) is 17.7. The quantitative estimate of drug-likeness (QED) is 0.333. The summed E-state index contributed by atoms with van der Waals surface area (Å²) in [4.78, 5) is 33.1. The van der Waals surface area contributed by atoms with Crippen LogP contribution in [0.4, 0.5) is 35.2 Å². The number of nitrogens with one attached hydrogen (secondary N) is 1. The molecule has 0 atom stereocenters. The fourth-order valence-electron chi connectivity index (χ4n) is 3.62. The lowest BCUT2D eigenvalue weighted by Gasteiger charge is -2.27. The Labute approximate surface area is 198 Å². The second-order valence-corrected chi connectivity index (χ2v) is 9.29. The van der Waals surface area contributed by atoms with Gasteiger partial charge in [0.15, 0.2) is 0 Å². The molecule has 0 saturated carbocycles. The maximum Gasteiger partial charge on any atom is 0.446 e. The maximum atomic E-state index is 13.2. The van der Waals surface area contributed by atoms with Crippen LogP contribution in [-0.4, -0.2) is 32.9 Å². The number of benzene rings is 2. The molecule has 0 radical (unpaired) electrons. The third-order valence-corrected chi connectivity index (χ3v) is 6.10. The van der Waals surface area contributed by atoms with Gasteiger partial charge in [0.05, 0.1) is 5.69 Å². The van der Waals surface area contributed by atoms with Crippen molar-refractivity contribution in [2.75, 3.05) is 10.2 Å². The number of imide groups is 1. The topological polar surface area (TPSA) is 65.5 Å². The predicted molar refractivity (Wildman–Crippen MR) is 125 cm³/mol. The molecule has 176 valence electrons. The Kier molecular flexibility index (Phi) is 6.26. The van der Waals surface area contributed by atoms with Crippen LogP contribution in [0, 0.1) is 0 Å². The average Bonchev–Trinajstić information content (AvgIpc) is 2.94. The first-order valence-corrected chi connectivity index (χ1v) is 11.2. The summed E-state index contributed by atoms with van der Waals surface area (Å²) in [6.07, 6.45) is 1.62. The molecule has 1 N–H and O–H groups in total. The zero-order valence-electron chi connectivity index (χ0n) is 18.3. The number of thioether (sulfide) groups is 1. The number of amides is 3. The summed E-state index contributed by atoms with van der Waals surface area (Å²) in [7, 11) is 0. The van der Waals surface area contributed by atoms with Gasteiger partial charge in [-0.2, -0.15) is 13.2 Å². The van der Waals surface area contributed by atoms with E-state index in [-0.39, 0.29) is 28.9 Å². The van der Waals surface area contributed by atoms with E-state index in [4.69, 9.17) is 0 Å². The zero-order valence-corrected chi connectivity index (χ0v) is 19.2. The third-order valence-electron chi connectivity index (χ3n) is 5.36. The number of halogens is 3. The van der Waals surface area contributed by atoms with E-state index >= 15 is 0 Å². The van der Waals surface area contributed by atoms with Crippen molar-refractivity contribution in [2.24, 2.45) is 0 Å². The molecule has 3 aromatic rings. The van der Waals surface area contributed by atoms with Gasteiger partial charge in [0.1, 0.15) is 11.4 Å². The SMILES string of the molecule is CC1(C)C(=O)N(c2ccc(SC(F)(F)F)cc2)C(=O)N1Cc1ccnc(Nc2ccccc2)c1. The third kappa shape index (κ3) is 5.01. The van der Waals surface area contributed by atoms with E-state index in [1.807, 2.05) is 30.3 Å². The number of nitrogens with zero attached hydrogens (tertiary/aromatic N) is 3. The van der Waals surface area contributed by atoms with Crippen molar-refractivity contribution in [2.45, 2.75) is 36.3 Å². The minimum atomic E-state index is -4.42. The average molecular weight is 487 g/mol. The molecule has 1 aromatic heterocycles. The molecule has 0 spiro atoms. The number of alkyl halides is 3. The highest BCUT2D eigenvalue weighted by atomic mass is 32.2. The van der Waals surface area contributed by atoms with Crippen molar-refractivity contribution in [3.63, 3.8) is 0 Å². The van der Waals surface area contributed by atoms with Crippen molar-refractivity contribution in [1.29, 1.82) is 0 Å². The lowest BCUT2D eigenvalue weighted by molar-refractivity contribution is -0.123. The number of aromatic nitrogens is 1. The molecule has 2 heterocycles. The summed E-state index contributed by atoms with van der Waals surface area (Å²) in [5.41, 5.74) is -3.72. The molecule has 0 unspecified atom stereocenters. The number of anilines is 3. The second-order valence-electron chi connectivity index (χ2n) is 8.15. The number of pyridine rings is 1. The van der Waals surface area contributed by atoms with Gasteiger partial charge in [0.25, 0.3) is 5.91 Å². The number of carbonyl (C=O) groups excluding carboxylic acids is 2. The molecular formula is C24H21F3N4O2S. The number of para-hydroxylation sites is 1. The number of rotatable bonds is 6. The normalized spacial score (nSPS) is 15.7. The van der Waals surface area contributed by atoms with E-state index in [2.05, 4.69) is 10.3 Å². The second kappa shape index (κ2) is 9.02. The number of hydrogen-bond donors (Lipinski definition) is 1. The van der Waals surface area contributed by atoms with E-state index in [9.17, 15) is 22.8 Å². The standard InChI is InChI=1S/C24H21F3N4O2S/c1-23(2)21(32)31(18-8-10-19(11-9-18)34-24(25,26)27)22(33)30(23)15-16-12-13-28-20(14-16)29-17-6-4-3-5-7-17/h3-14H,15H2,1-2H3,(H,28,29). The van der Waals surface area contributed by atoms with Gasteiger partial charge in [-0.25, -0.2) is 14.7 Å². The smallest absolute Gasteiger partial charge is 0.340 e. The number of hydrogen-bond acceptors (Lipinski definition) is 5. The zero-order chi connectivity index (χ0) is 24.5. The van der Waals surface area contributed by atoms with Crippen LogP contribution in [0.25, 0.3) is 0 Å². The lowest BCUT2D eigenvalue weighted by Crippen LogP contribution is -2.43. The Bertz CT molecular complexity index is 1200. The van der Waals surface area contributed by atoms with Crippen molar-refractivity contribution in [1.82, 2.24) is 9.88 Å². The predicted octanol–water partition coefficient (Wildman–Crippen LogP) is 6.18. The molecular weight excluding hydrogens is 465 g/mol. The first-order chi connectivity index (χ1) is 16.0. The maximum absolute atomic E-state index is 13.2. The van der Waals surface area contributed by atoms with Gasteiger partial charge >= 0.3 is 11.5 Å². The molecule has 0 aliphatic carbocycles. The molecule has 1 aliphatic rings. The summed E-state index contributed by atoms with van der Waals surface area (Å²) >= 11 is -0.253. The van der Waals surface area contributed by atoms with Gasteiger partial charge in [-0.1, -0.05) is 18.2 Å². The minimum Gasteiger partial charge on any atom is -0.340 e. The van der Waals surface area contributed by atoms with Crippen LogP contribution in [0.3, 0.4) is 0 Å². The van der Waals surface area contributed by atoms with Crippen LogP contribution < -0.4 is 10.2 Å². The van der Waals surface area contributed by atoms with Crippen molar-refractivity contribution >= 4 is 40.9 Å². The van der Waals surface area contributed by atoms with Crippen LogP contribution in [0.1, 0.15) is 19.4 Å². The molecule has 1 fully saturated rings. The van der Waals surface area contributed by atoms with Gasteiger partial charge in [-0.3, -0.25) is 4.79 Å². The van der Waals surface area contributed by atoms with E-state index in [1.54, 1.807) is 32.2 Å². The Morgan fingerprint density at radius 2 is 1.68 bits per heavy atom. The van der Waals surface area contributed by atoms with E-state index in [0.717, 1.165) is 16.2 Å².